The molecule has 4 rings (SSSR count). The van der Waals surface area contributed by atoms with Gasteiger partial charge < -0.3 is 21.1 Å². The van der Waals surface area contributed by atoms with Gasteiger partial charge >= 0.3 is 0 Å². The van der Waals surface area contributed by atoms with Crippen LogP contribution in [0, 0.1) is 11.8 Å². The van der Waals surface area contributed by atoms with Crippen molar-refractivity contribution in [3.8, 4) is 0 Å². The van der Waals surface area contributed by atoms with Crippen LogP contribution in [0.2, 0.25) is 0 Å². The highest BCUT2D eigenvalue weighted by molar-refractivity contribution is 7.92. The molecule has 47 heavy (non-hydrogen) atoms. The summed E-state index contributed by atoms with van der Waals surface area (Å²) < 4.78 is 24.2. The first-order valence-electron chi connectivity index (χ1n) is 16.6. The minimum absolute atomic E-state index is 0.0661. The Labute approximate surface area is 284 Å². The number of rotatable bonds is 12. The first kappa shape index (κ1) is 37.0. The van der Waals surface area contributed by atoms with Crippen LogP contribution in [0.25, 0.3) is 0 Å². The SMILES string of the molecule is CC(C)(C)NC(=O)[C@@H]1CC2CCCCC2CN1C[C@@H](O)[C@H](Cc1ccccc1)NC(=O)[C@@H](NC(=O)c1cccs1)C(C)(C)S(C)(=O)=O. The maximum atomic E-state index is 14.1. The van der Waals surface area contributed by atoms with Crippen LogP contribution in [-0.2, 0) is 25.8 Å². The van der Waals surface area contributed by atoms with Crippen molar-refractivity contribution in [2.24, 2.45) is 11.8 Å². The van der Waals surface area contributed by atoms with Crippen LogP contribution in [0.1, 0.15) is 82.0 Å². The minimum atomic E-state index is -3.83. The second-order valence-electron chi connectivity index (χ2n) is 14.9. The van der Waals surface area contributed by atoms with Gasteiger partial charge in [-0.05, 0) is 82.7 Å². The number of piperidine rings is 1. The van der Waals surface area contributed by atoms with E-state index in [1.54, 1.807) is 17.5 Å². The van der Waals surface area contributed by atoms with E-state index in [1.165, 1.54) is 25.2 Å². The monoisotopic (exact) mass is 688 g/mol. The highest BCUT2D eigenvalue weighted by Crippen LogP contribution is 2.39. The molecule has 1 aromatic carbocycles. The molecule has 2 aliphatic rings. The fourth-order valence-electron chi connectivity index (χ4n) is 6.79. The maximum Gasteiger partial charge on any atom is 0.262 e. The fraction of sp³-hybridized carbons (Fsp3) is 0.629. The molecule has 0 bridgehead atoms. The third-order valence-corrected chi connectivity index (χ3v) is 12.8. The number of thiophene rings is 1. The first-order valence-corrected chi connectivity index (χ1v) is 19.4. The molecular weight excluding hydrogens is 637 g/mol. The Hall–Kier alpha value is -2.80. The highest BCUT2D eigenvalue weighted by atomic mass is 32.2. The Morgan fingerprint density at radius 1 is 0.979 bits per heavy atom. The van der Waals surface area contributed by atoms with E-state index in [0.29, 0.717) is 29.7 Å². The van der Waals surface area contributed by atoms with Gasteiger partial charge in [0.15, 0.2) is 9.84 Å². The molecule has 2 aromatic rings. The average molecular weight is 689 g/mol. The van der Waals surface area contributed by atoms with Gasteiger partial charge in [0.2, 0.25) is 11.8 Å². The van der Waals surface area contributed by atoms with E-state index < -0.39 is 56.2 Å². The molecule has 12 heteroatoms. The van der Waals surface area contributed by atoms with Gasteiger partial charge in [0.1, 0.15) is 6.04 Å². The van der Waals surface area contributed by atoms with Crippen molar-refractivity contribution in [2.75, 3.05) is 19.3 Å². The lowest BCUT2D eigenvalue weighted by Gasteiger charge is -2.47. The molecule has 3 amide bonds. The summed E-state index contributed by atoms with van der Waals surface area (Å²) >= 11 is 1.18. The summed E-state index contributed by atoms with van der Waals surface area (Å²) in [5.41, 5.74) is 0.454. The molecule has 4 N–H and O–H groups in total. The van der Waals surface area contributed by atoms with Gasteiger partial charge in [-0.25, -0.2) is 8.42 Å². The standard InChI is InChI=1S/C35H52N4O6S2/c1-34(2,3)38-31(41)27-20-24-15-10-11-16-25(24)21-39(27)22-28(40)26(19-23-13-8-7-9-14-23)36-33(43)30(35(4,5)47(6,44)45)37-32(42)29-17-12-18-46-29/h7-9,12-14,17-18,24-28,30,40H,10-11,15-16,19-22H2,1-6H3,(H,36,43)(H,37,42)(H,38,41)/t24?,25?,26-,27-,28+,30+/m0/s1. The van der Waals surface area contributed by atoms with E-state index in [-0.39, 0.29) is 18.9 Å². The van der Waals surface area contributed by atoms with Crippen LogP contribution in [-0.4, -0.2) is 90.0 Å². The van der Waals surface area contributed by atoms with Crippen LogP contribution in [0.5, 0.6) is 0 Å². The molecule has 1 aromatic heterocycles. The number of carbonyl (C=O) groups is 3. The van der Waals surface area contributed by atoms with E-state index in [0.717, 1.165) is 37.5 Å². The molecule has 1 aliphatic heterocycles. The molecule has 2 unspecified atom stereocenters. The molecule has 0 radical (unpaired) electrons. The quantitative estimate of drug-likeness (QED) is 0.267. The van der Waals surface area contributed by atoms with E-state index in [2.05, 4.69) is 20.9 Å². The summed E-state index contributed by atoms with van der Waals surface area (Å²) in [6.07, 6.45) is 5.42. The Kier molecular flexibility index (Phi) is 12.0. The topological polar surface area (TPSA) is 145 Å². The van der Waals surface area contributed by atoms with E-state index in [1.807, 2.05) is 51.1 Å². The van der Waals surface area contributed by atoms with Gasteiger partial charge in [0.25, 0.3) is 5.91 Å². The van der Waals surface area contributed by atoms with Crippen molar-refractivity contribution < 1.29 is 27.9 Å². The molecule has 1 aliphatic carbocycles. The highest BCUT2D eigenvalue weighted by Gasteiger charge is 2.46. The molecule has 0 spiro atoms. The molecule has 10 nitrogen and oxygen atoms in total. The molecule has 2 heterocycles. The Morgan fingerprint density at radius 3 is 2.23 bits per heavy atom. The number of amides is 3. The second-order valence-corrected chi connectivity index (χ2v) is 18.4. The summed E-state index contributed by atoms with van der Waals surface area (Å²) in [6, 6.07) is 10.0. The van der Waals surface area contributed by atoms with Gasteiger partial charge in [0.05, 0.1) is 27.8 Å². The number of hydrogen-bond donors (Lipinski definition) is 4. The first-order chi connectivity index (χ1) is 22.0. The van der Waals surface area contributed by atoms with Crippen molar-refractivity contribution in [1.29, 1.82) is 0 Å². The maximum absolute atomic E-state index is 14.1. The molecule has 1 saturated carbocycles. The van der Waals surface area contributed by atoms with E-state index >= 15 is 0 Å². The minimum Gasteiger partial charge on any atom is -0.390 e. The number of likely N-dealkylation sites (tertiary alicyclic amines) is 1. The Bertz CT molecular complexity index is 1470. The molecule has 6 atom stereocenters. The summed E-state index contributed by atoms with van der Waals surface area (Å²) in [7, 11) is -3.83. The predicted molar refractivity (Wildman–Crippen MR) is 186 cm³/mol. The smallest absolute Gasteiger partial charge is 0.262 e. The summed E-state index contributed by atoms with van der Waals surface area (Å²) in [5, 5.41) is 22.3. The summed E-state index contributed by atoms with van der Waals surface area (Å²) in [5.74, 6) is -0.440. The van der Waals surface area contributed by atoms with Crippen molar-refractivity contribution in [2.45, 2.75) is 108 Å². The number of carbonyl (C=O) groups excluding carboxylic acids is 3. The molecule has 2 fully saturated rings. The zero-order valence-electron chi connectivity index (χ0n) is 28.5. The largest absolute Gasteiger partial charge is 0.390 e. The van der Waals surface area contributed by atoms with Crippen LogP contribution in [0.15, 0.2) is 47.8 Å². The Balaban J connectivity index is 1.62. The normalized spacial score (nSPS) is 22.7. The van der Waals surface area contributed by atoms with Crippen molar-refractivity contribution in [3.63, 3.8) is 0 Å². The van der Waals surface area contributed by atoms with Gasteiger partial charge in [-0.15, -0.1) is 11.3 Å². The third-order valence-electron chi connectivity index (χ3n) is 9.75. The van der Waals surface area contributed by atoms with Crippen molar-refractivity contribution in [1.82, 2.24) is 20.9 Å². The van der Waals surface area contributed by atoms with Gasteiger partial charge in [-0.2, -0.15) is 0 Å². The third kappa shape index (κ3) is 9.64. The lowest BCUT2D eigenvalue weighted by atomic mass is 9.72. The van der Waals surface area contributed by atoms with E-state index in [9.17, 15) is 27.9 Å². The lowest BCUT2D eigenvalue weighted by Crippen LogP contribution is -2.64. The number of hydrogen-bond acceptors (Lipinski definition) is 8. The van der Waals surface area contributed by atoms with Gasteiger partial charge in [0, 0.05) is 24.9 Å². The lowest BCUT2D eigenvalue weighted by molar-refractivity contribution is -0.133. The second kappa shape index (κ2) is 15.2. The average Bonchev–Trinajstić information content (AvgIpc) is 3.53. The van der Waals surface area contributed by atoms with Gasteiger partial charge in [-0.1, -0.05) is 55.7 Å². The Morgan fingerprint density at radius 2 is 1.64 bits per heavy atom. The van der Waals surface area contributed by atoms with E-state index in [4.69, 9.17) is 0 Å². The molecule has 260 valence electrons. The summed E-state index contributed by atoms with van der Waals surface area (Å²) in [4.78, 5) is 43.2. The number of nitrogens with one attached hydrogen (secondary N) is 3. The summed E-state index contributed by atoms with van der Waals surface area (Å²) in [6.45, 7) is 9.50. The number of nitrogens with zero attached hydrogens (tertiary/aromatic N) is 1. The van der Waals surface area contributed by atoms with Crippen molar-refractivity contribution >= 4 is 38.9 Å². The number of aliphatic hydroxyl groups is 1. The zero-order valence-corrected chi connectivity index (χ0v) is 30.1. The van der Waals surface area contributed by atoms with Crippen LogP contribution >= 0.6 is 11.3 Å². The molecule has 1 saturated heterocycles. The number of benzene rings is 1. The molecular formula is C35H52N4O6S2. The number of aliphatic hydroxyl groups excluding tert-OH is 1. The van der Waals surface area contributed by atoms with Crippen LogP contribution in [0.3, 0.4) is 0 Å². The zero-order chi connectivity index (χ0) is 34.6. The fourth-order valence-corrected chi connectivity index (χ4v) is 8.01. The van der Waals surface area contributed by atoms with Crippen LogP contribution in [0.4, 0.5) is 0 Å². The van der Waals surface area contributed by atoms with Crippen LogP contribution < -0.4 is 16.0 Å². The van der Waals surface area contributed by atoms with Crippen molar-refractivity contribution in [3.05, 3.63) is 58.3 Å². The number of sulfone groups is 1. The van der Waals surface area contributed by atoms with Gasteiger partial charge in [-0.3, -0.25) is 19.3 Å². The number of β-amino-alcohol motifs (C(OH)–C–C–N with tert-alkyl or cyclic N) is 1. The predicted octanol–water partition coefficient (Wildman–Crippen LogP) is 3.55. The number of fused-ring (bicyclic) bond motifs is 1.